The van der Waals surface area contributed by atoms with Gasteiger partial charge in [-0.1, -0.05) is 49.4 Å². The number of rotatable bonds is 6. The summed E-state index contributed by atoms with van der Waals surface area (Å²) >= 11 is 0. The average molecular weight is 519 g/mol. The number of hydrogen-bond donors (Lipinski definition) is 1. The predicted octanol–water partition coefficient (Wildman–Crippen LogP) is 7.01. The maximum absolute atomic E-state index is 13.8. The van der Waals surface area contributed by atoms with Crippen molar-refractivity contribution in [3.8, 4) is 22.5 Å². The fraction of sp³-hybridized carbons (Fsp3) is 0.156. The van der Waals surface area contributed by atoms with Gasteiger partial charge in [0.25, 0.3) is 0 Å². The zero-order valence-electron chi connectivity index (χ0n) is 21.9. The number of hydrogen-bond acceptors (Lipinski definition) is 3. The van der Waals surface area contributed by atoms with Crippen molar-refractivity contribution in [2.75, 3.05) is 0 Å². The Balaban J connectivity index is 1.41. The van der Waals surface area contributed by atoms with E-state index in [1.165, 1.54) is 12.1 Å². The Kier molecular flexibility index (Phi) is 5.99. The van der Waals surface area contributed by atoms with Crippen LogP contribution in [0.25, 0.3) is 44.6 Å². The van der Waals surface area contributed by atoms with Crippen LogP contribution in [0.2, 0.25) is 0 Å². The number of aromatic nitrogens is 4. The smallest absolute Gasteiger partial charge is 0.336 e. The summed E-state index contributed by atoms with van der Waals surface area (Å²) in [4.78, 5) is 21.4. The van der Waals surface area contributed by atoms with E-state index in [9.17, 15) is 14.3 Å². The first kappa shape index (κ1) is 24.6. The number of carbonyl (C=O) groups is 1. The Morgan fingerprint density at radius 1 is 0.923 bits per heavy atom. The number of carboxylic acids is 1. The monoisotopic (exact) mass is 518 g/mol. The third-order valence-electron chi connectivity index (χ3n) is 7.30. The zero-order valence-corrected chi connectivity index (χ0v) is 21.9. The number of imidazole rings is 2. The van der Waals surface area contributed by atoms with Gasteiger partial charge in [-0.05, 0) is 59.5 Å². The minimum Gasteiger partial charge on any atom is -0.478 e. The number of carboxylic acid groups (broad SMARTS) is 1. The molecular formula is C32H27FN4O2. The Labute approximate surface area is 225 Å². The molecule has 194 valence electrons. The molecule has 0 fully saturated rings. The van der Waals surface area contributed by atoms with E-state index in [-0.39, 0.29) is 11.4 Å². The maximum Gasteiger partial charge on any atom is 0.336 e. The first-order valence-electron chi connectivity index (χ1n) is 12.9. The van der Waals surface area contributed by atoms with E-state index in [2.05, 4.69) is 30.5 Å². The Bertz CT molecular complexity index is 1880. The number of nitrogens with zero attached hydrogens (tertiary/aromatic N) is 4. The molecule has 6 aromatic rings. The van der Waals surface area contributed by atoms with Crippen molar-refractivity contribution in [2.24, 2.45) is 7.05 Å². The predicted molar refractivity (Wildman–Crippen MR) is 151 cm³/mol. The first-order chi connectivity index (χ1) is 18.8. The maximum atomic E-state index is 13.8. The van der Waals surface area contributed by atoms with E-state index in [0.717, 1.165) is 56.9 Å². The fourth-order valence-corrected chi connectivity index (χ4v) is 5.34. The molecule has 0 radical (unpaired) electrons. The quantitative estimate of drug-likeness (QED) is 0.257. The van der Waals surface area contributed by atoms with E-state index >= 15 is 0 Å². The van der Waals surface area contributed by atoms with Gasteiger partial charge in [0, 0.05) is 31.6 Å². The lowest BCUT2D eigenvalue weighted by Crippen LogP contribution is -2.05. The molecule has 0 saturated heterocycles. The molecule has 0 spiro atoms. The van der Waals surface area contributed by atoms with Crippen LogP contribution in [0.1, 0.15) is 34.2 Å². The Morgan fingerprint density at radius 3 is 2.44 bits per heavy atom. The number of aryl methyl sites for hydroxylation is 3. The largest absolute Gasteiger partial charge is 0.478 e. The topological polar surface area (TPSA) is 72.9 Å². The van der Waals surface area contributed by atoms with E-state index < -0.39 is 5.97 Å². The molecule has 6 nitrogen and oxygen atoms in total. The van der Waals surface area contributed by atoms with Gasteiger partial charge >= 0.3 is 5.97 Å². The minimum absolute atomic E-state index is 0.284. The summed E-state index contributed by atoms with van der Waals surface area (Å²) in [6.07, 6.45) is 0.777. The summed E-state index contributed by atoms with van der Waals surface area (Å²) in [5.74, 6) is 0.511. The summed E-state index contributed by atoms with van der Waals surface area (Å²) in [6, 6.07) is 23.9. The lowest BCUT2D eigenvalue weighted by molar-refractivity contribution is 0.0697. The van der Waals surface area contributed by atoms with Crippen LogP contribution < -0.4 is 0 Å². The van der Waals surface area contributed by atoms with E-state index in [1.54, 1.807) is 18.2 Å². The zero-order chi connectivity index (χ0) is 27.3. The first-order valence-corrected chi connectivity index (χ1v) is 12.9. The second kappa shape index (κ2) is 9.51. The SMILES string of the molecule is CCc1nc2c(C)cc(-c3nc4cc(F)ccc4n3C)cc2n1Cc1ccc(-c2ccccc2C(=O)O)cc1. The number of fused-ring (bicyclic) bond motifs is 2. The number of halogens is 1. The van der Waals surface area contributed by atoms with Crippen molar-refractivity contribution < 1.29 is 14.3 Å². The molecule has 0 atom stereocenters. The van der Waals surface area contributed by atoms with Crippen molar-refractivity contribution in [3.63, 3.8) is 0 Å². The molecule has 4 aromatic carbocycles. The number of benzene rings is 4. The lowest BCUT2D eigenvalue weighted by atomic mass is 9.98. The van der Waals surface area contributed by atoms with Crippen LogP contribution in [-0.4, -0.2) is 30.2 Å². The van der Waals surface area contributed by atoms with Crippen LogP contribution in [-0.2, 0) is 20.0 Å². The lowest BCUT2D eigenvalue weighted by Gasteiger charge is -2.12. The van der Waals surface area contributed by atoms with Crippen molar-refractivity contribution >= 4 is 28.0 Å². The molecule has 0 aliphatic carbocycles. The molecule has 0 unspecified atom stereocenters. The number of aromatic carboxylic acids is 1. The van der Waals surface area contributed by atoms with Gasteiger partial charge in [0.05, 0.1) is 27.6 Å². The molecule has 1 N–H and O–H groups in total. The van der Waals surface area contributed by atoms with Crippen LogP contribution in [0.4, 0.5) is 4.39 Å². The highest BCUT2D eigenvalue weighted by Gasteiger charge is 2.17. The van der Waals surface area contributed by atoms with Gasteiger partial charge in [0.1, 0.15) is 17.5 Å². The summed E-state index contributed by atoms with van der Waals surface area (Å²) in [7, 11) is 1.95. The molecular weight excluding hydrogens is 491 g/mol. The standard InChI is InChI=1S/C32H27FN4O2/c1-4-29-35-30-19(2)15-22(31-34-26-17-23(33)13-14-27(26)36(31)3)16-28(30)37(29)18-20-9-11-21(12-10-20)24-7-5-6-8-25(24)32(38)39/h5-17H,4,18H2,1-3H3,(H,38,39). The van der Waals surface area contributed by atoms with Gasteiger partial charge in [0.15, 0.2) is 0 Å². The van der Waals surface area contributed by atoms with Crippen LogP contribution in [0, 0.1) is 12.7 Å². The molecule has 39 heavy (non-hydrogen) atoms. The molecule has 2 heterocycles. The molecule has 2 aromatic heterocycles. The molecule has 0 saturated carbocycles. The molecule has 7 heteroatoms. The molecule has 0 bridgehead atoms. The molecule has 0 aliphatic heterocycles. The highest BCUT2D eigenvalue weighted by Crippen LogP contribution is 2.31. The summed E-state index contributed by atoms with van der Waals surface area (Å²) in [6.45, 7) is 4.77. The summed E-state index contributed by atoms with van der Waals surface area (Å²) < 4.78 is 18.1. The van der Waals surface area contributed by atoms with E-state index in [0.29, 0.717) is 17.6 Å². The molecule has 6 rings (SSSR count). The van der Waals surface area contributed by atoms with Crippen molar-refractivity contribution in [3.05, 3.63) is 107 Å². The van der Waals surface area contributed by atoms with Crippen molar-refractivity contribution in [1.29, 1.82) is 0 Å². The Hall–Kier alpha value is -4.78. The second-order valence-corrected chi connectivity index (χ2v) is 9.80. The highest BCUT2D eigenvalue weighted by atomic mass is 19.1. The van der Waals surface area contributed by atoms with Crippen LogP contribution in [0.5, 0.6) is 0 Å². The van der Waals surface area contributed by atoms with Crippen LogP contribution in [0.3, 0.4) is 0 Å². The summed E-state index contributed by atoms with van der Waals surface area (Å²) in [5.41, 5.74) is 8.38. The third kappa shape index (κ3) is 4.26. The van der Waals surface area contributed by atoms with Crippen LogP contribution >= 0.6 is 0 Å². The fourth-order valence-electron chi connectivity index (χ4n) is 5.34. The van der Waals surface area contributed by atoms with Gasteiger partial charge in [0.2, 0.25) is 0 Å². The van der Waals surface area contributed by atoms with Crippen LogP contribution in [0.15, 0.2) is 78.9 Å². The average Bonchev–Trinajstić information content (AvgIpc) is 3.46. The highest BCUT2D eigenvalue weighted by molar-refractivity contribution is 5.96. The van der Waals surface area contributed by atoms with Gasteiger partial charge in [-0.3, -0.25) is 0 Å². The summed E-state index contributed by atoms with van der Waals surface area (Å²) in [5, 5.41) is 9.58. The van der Waals surface area contributed by atoms with Gasteiger partial charge < -0.3 is 14.2 Å². The molecule has 0 amide bonds. The van der Waals surface area contributed by atoms with Gasteiger partial charge in [-0.15, -0.1) is 0 Å². The Morgan fingerprint density at radius 2 is 1.69 bits per heavy atom. The third-order valence-corrected chi connectivity index (χ3v) is 7.30. The van der Waals surface area contributed by atoms with Gasteiger partial charge in [-0.2, -0.15) is 0 Å². The molecule has 0 aliphatic rings. The van der Waals surface area contributed by atoms with Crippen molar-refractivity contribution in [2.45, 2.75) is 26.8 Å². The normalized spacial score (nSPS) is 11.5. The van der Waals surface area contributed by atoms with E-state index in [1.807, 2.05) is 48.0 Å². The van der Waals surface area contributed by atoms with Gasteiger partial charge in [-0.25, -0.2) is 19.2 Å². The van der Waals surface area contributed by atoms with E-state index in [4.69, 9.17) is 9.97 Å². The minimum atomic E-state index is -0.941. The second-order valence-electron chi connectivity index (χ2n) is 9.80. The van der Waals surface area contributed by atoms with Crippen molar-refractivity contribution in [1.82, 2.24) is 19.1 Å².